The van der Waals surface area contributed by atoms with Gasteiger partial charge < -0.3 is 9.47 Å². The number of hydrogen-bond donors (Lipinski definition) is 0. The zero-order chi connectivity index (χ0) is 16.1. The van der Waals surface area contributed by atoms with Crippen LogP contribution in [0.4, 0.5) is 5.69 Å². The summed E-state index contributed by atoms with van der Waals surface area (Å²) in [6.07, 6.45) is 3.46. The lowest BCUT2D eigenvalue weighted by Crippen LogP contribution is -2.39. The van der Waals surface area contributed by atoms with Gasteiger partial charge in [-0.25, -0.2) is 5.06 Å². The van der Waals surface area contributed by atoms with Crippen molar-refractivity contribution >= 4 is 17.8 Å². The van der Waals surface area contributed by atoms with Crippen molar-refractivity contribution in [3.8, 4) is 11.5 Å². The smallest absolute Gasteiger partial charge is 0.280 e. The summed E-state index contributed by atoms with van der Waals surface area (Å²) < 4.78 is 10.9. The van der Waals surface area contributed by atoms with Crippen molar-refractivity contribution in [2.45, 2.75) is 32.7 Å². The summed E-state index contributed by atoms with van der Waals surface area (Å²) in [6, 6.07) is 3.20. The standard InChI is InChI=1S/C16H22N2O4/c1-5-7-11-10-17-13-9-15(22-6-2)14(20-3)8-12(13)16(19)18(11)21-4/h8-11H,5-7H2,1-4H3/t11-/m0/s1. The molecule has 1 atom stereocenters. The molecule has 120 valence electrons. The maximum atomic E-state index is 12.7. The molecule has 22 heavy (non-hydrogen) atoms. The molecule has 2 rings (SSSR count). The largest absolute Gasteiger partial charge is 0.493 e. The van der Waals surface area contributed by atoms with Gasteiger partial charge in [0.25, 0.3) is 5.91 Å². The number of amides is 1. The second kappa shape index (κ2) is 7.26. The monoisotopic (exact) mass is 306 g/mol. The summed E-state index contributed by atoms with van der Waals surface area (Å²) in [5, 5.41) is 1.36. The number of hydrogen-bond acceptors (Lipinski definition) is 5. The Hall–Kier alpha value is -2.08. The number of aliphatic imine (C=N–C) groups is 1. The van der Waals surface area contributed by atoms with Crippen molar-refractivity contribution < 1.29 is 19.1 Å². The van der Waals surface area contributed by atoms with Crippen LogP contribution in [0.1, 0.15) is 37.0 Å². The Morgan fingerprint density at radius 2 is 2.00 bits per heavy atom. The Labute approximate surface area is 130 Å². The summed E-state index contributed by atoms with van der Waals surface area (Å²) in [6.45, 7) is 4.46. The number of hydroxylamine groups is 2. The van der Waals surface area contributed by atoms with E-state index >= 15 is 0 Å². The molecule has 0 saturated heterocycles. The molecule has 6 nitrogen and oxygen atoms in total. The Balaban J connectivity index is 2.49. The van der Waals surface area contributed by atoms with Crippen LogP contribution in [-0.2, 0) is 4.84 Å². The summed E-state index contributed by atoms with van der Waals surface area (Å²) >= 11 is 0. The van der Waals surface area contributed by atoms with E-state index in [9.17, 15) is 4.79 Å². The normalized spacial score (nSPS) is 17.2. The number of ether oxygens (including phenoxy) is 2. The molecule has 0 aromatic heterocycles. The number of fused-ring (bicyclic) bond motifs is 1. The third-order valence-electron chi connectivity index (χ3n) is 3.48. The van der Waals surface area contributed by atoms with E-state index < -0.39 is 0 Å². The summed E-state index contributed by atoms with van der Waals surface area (Å²) in [7, 11) is 3.04. The van der Waals surface area contributed by atoms with Crippen LogP contribution in [-0.4, -0.2) is 44.1 Å². The molecule has 6 heteroatoms. The van der Waals surface area contributed by atoms with Crippen LogP contribution in [0, 0.1) is 0 Å². The zero-order valence-electron chi connectivity index (χ0n) is 13.5. The fraction of sp³-hybridized carbons (Fsp3) is 0.500. The van der Waals surface area contributed by atoms with Crippen molar-refractivity contribution in [1.29, 1.82) is 0 Å². The van der Waals surface area contributed by atoms with Gasteiger partial charge in [-0.05, 0) is 19.4 Å². The highest BCUT2D eigenvalue weighted by atomic mass is 16.7. The maximum absolute atomic E-state index is 12.7. The SMILES string of the molecule is CCC[C@H]1C=Nc2cc(OCC)c(OC)cc2C(=O)N1OC. The molecule has 0 saturated carbocycles. The van der Waals surface area contributed by atoms with Crippen molar-refractivity contribution in [1.82, 2.24) is 5.06 Å². The van der Waals surface area contributed by atoms with Crippen LogP contribution >= 0.6 is 0 Å². The highest BCUT2D eigenvalue weighted by Gasteiger charge is 2.29. The molecule has 0 radical (unpaired) electrons. The van der Waals surface area contributed by atoms with E-state index in [2.05, 4.69) is 11.9 Å². The number of nitrogens with zero attached hydrogens (tertiary/aromatic N) is 2. The van der Waals surface area contributed by atoms with E-state index in [4.69, 9.17) is 14.3 Å². The highest BCUT2D eigenvalue weighted by Crippen LogP contribution is 2.37. The predicted molar refractivity (Wildman–Crippen MR) is 84.2 cm³/mol. The van der Waals surface area contributed by atoms with Gasteiger partial charge in [-0.1, -0.05) is 13.3 Å². The van der Waals surface area contributed by atoms with Gasteiger partial charge >= 0.3 is 0 Å². The van der Waals surface area contributed by atoms with Crippen LogP contribution in [0.3, 0.4) is 0 Å². The van der Waals surface area contributed by atoms with Gasteiger partial charge in [0, 0.05) is 12.3 Å². The third-order valence-corrected chi connectivity index (χ3v) is 3.48. The van der Waals surface area contributed by atoms with Gasteiger partial charge in [0.15, 0.2) is 11.5 Å². The Bertz CT molecular complexity index is 572. The molecule has 0 bridgehead atoms. The number of carbonyl (C=O) groups excluding carboxylic acids is 1. The number of rotatable bonds is 6. The van der Waals surface area contributed by atoms with Crippen molar-refractivity contribution in [3.05, 3.63) is 17.7 Å². The van der Waals surface area contributed by atoms with Crippen molar-refractivity contribution in [3.63, 3.8) is 0 Å². The highest BCUT2D eigenvalue weighted by molar-refractivity contribution is 6.02. The molecular weight excluding hydrogens is 284 g/mol. The van der Waals surface area contributed by atoms with Gasteiger partial charge in [-0.15, -0.1) is 0 Å². The Kier molecular flexibility index (Phi) is 5.38. The fourth-order valence-corrected chi connectivity index (χ4v) is 2.46. The van der Waals surface area contributed by atoms with Crippen LogP contribution in [0.15, 0.2) is 17.1 Å². The Morgan fingerprint density at radius 3 is 2.59 bits per heavy atom. The second-order valence-electron chi connectivity index (χ2n) is 4.90. The molecular formula is C16H22N2O4. The minimum atomic E-state index is -0.227. The quantitative estimate of drug-likeness (QED) is 0.810. The van der Waals surface area contributed by atoms with E-state index in [0.717, 1.165) is 12.8 Å². The third kappa shape index (κ3) is 3.06. The summed E-state index contributed by atoms with van der Waals surface area (Å²) in [5.74, 6) is 0.857. The van der Waals surface area contributed by atoms with Crippen LogP contribution < -0.4 is 9.47 Å². The predicted octanol–water partition coefficient (Wildman–Crippen LogP) is 2.98. The number of benzene rings is 1. The minimum absolute atomic E-state index is 0.184. The first-order valence-electron chi connectivity index (χ1n) is 7.42. The van der Waals surface area contributed by atoms with E-state index in [1.165, 1.54) is 12.2 Å². The fourth-order valence-electron chi connectivity index (χ4n) is 2.46. The van der Waals surface area contributed by atoms with Crippen LogP contribution in [0.5, 0.6) is 11.5 Å². The van der Waals surface area contributed by atoms with Gasteiger partial charge in [0.05, 0.1) is 38.1 Å². The summed E-state index contributed by atoms with van der Waals surface area (Å²) in [4.78, 5) is 22.4. The van der Waals surface area contributed by atoms with Gasteiger partial charge in [0.1, 0.15) is 0 Å². The first-order valence-corrected chi connectivity index (χ1v) is 7.42. The van der Waals surface area contributed by atoms with E-state index in [-0.39, 0.29) is 11.9 Å². The van der Waals surface area contributed by atoms with E-state index in [1.807, 2.05) is 6.92 Å². The van der Waals surface area contributed by atoms with E-state index in [1.54, 1.807) is 25.5 Å². The second-order valence-corrected chi connectivity index (χ2v) is 4.90. The average Bonchev–Trinajstić information content (AvgIpc) is 2.64. The zero-order valence-corrected chi connectivity index (χ0v) is 13.5. The van der Waals surface area contributed by atoms with Crippen molar-refractivity contribution in [2.24, 2.45) is 4.99 Å². The van der Waals surface area contributed by atoms with Gasteiger partial charge in [-0.3, -0.25) is 14.6 Å². The molecule has 1 heterocycles. The average molecular weight is 306 g/mol. The van der Waals surface area contributed by atoms with Gasteiger partial charge in [-0.2, -0.15) is 0 Å². The molecule has 0 spiro atoms. The molecule has 1 aromatic carbocycles. The number of carbonyl (C=O) groups is 1. The molecule has 0 N–H and O–H groups in total. The number of methoxy groups -OCH3 is 1. The first kappa shape index (κ1) is 16.3. The minimum Gasteiger partial charge on any atom is -0.493 e. The lowest BCUT2D eigenvalue weighted by Gasteiger charge is -2.25. The Morgan fingerprint density at radius 1 is 1.23 bits per heavy atom. The topological polar surface area (TPSA) is 60.4 Å². The molecule has 1 amide bonds. The van der Waals surface area contributed by atoms with Crippen LogP contribution in [0.25, 0.3) is 0 Å². The molecule has 0 unspecified atom stereocenters. The molecule has 1 aliphatic heterocycles. The van der Waals surface area contributed by atoms with Gasteiger partial charge in [0.2, 0.25) is 0 Å². The van der Waals surface area contributed by atoms with Crippen LogP contribution in [0.2, 0.25) is 0 Å². The maximum Gasteiger partial charge on any atom is 0.280 e. The molecule has 1 aliphatic rings. The summed E-state index contributed by atoms with van der Waals surface area (Å²) in [5.41, 5.74) is 1.01. The molecule has 1 aromatic rings. The van der Waals surface area contributed by atoms with E-state index in [0.29, 0.717) is 29.4 Å². The molecule has 0 fully saturated rings. The lowest BCUT2D eigenvalue weighted by molar-refractivity contribution is -0.108. The van der Waals surface area contributed by atoms with Crippen molar-refractivity contribution in [2.75, 3.05) is 20.8 Å². The molecule has 0 aliphatic carbocycles. The first-order chi connectivity index (χ1) is 10.7. The lowest BCUT2D eigenvalue weighted by atomic mass is 10.1.